The molecular weight excluding hydrogens is 310 g/mol. The maximum atomic E-state index is 13.0. The van der Waals surface area contributed by atoms with E-state index in [-0.39, 0.29) is 5.13 Å². The Morgan fingerprint density at radius 3 is 2.60 bits per heavy atom. The Morgan fingerprint density at radius 1 is 1.35 bits per heavy atom. The molecule has 20 heavy (non-hydrogen) atoms. The average molecular weight is 320 g/mol. The molecule has 0 aliphatic carbocycles. The molecule has 1 atom stereocenters. The van der Waals surface area contributed by atoms with E-state index >= 15 is 0 Å². The summed E-state index contributed by atoms with van der Waals surface area (Å²) in [6.45, 7) is 1.49. The highest BCUT2D eigenvalue weighted by atomic mass is 32.2. The van der Waals surface area contributed by atoms with Gasteiger partial charge in [0, 0.05) is 5.38 Å². The number of thiazole rings is 1. The monoisotopic (exact) mass is 320 g/mol. The number of sulfonamides is 1. The van der Waals surface area contributed by atoms with Gasteiger partial charge in [0.1, 0.15) is 0 Å². The number of aliphatic hydroxyl groups is 1. The van der Waals surface area contributed by atoms with Crippen LogP contribution < -0.4 is 4.72 Å². The van der Waals surface area contributed by atoms with Crippen molar-refractivity contribution in [3.05, 3.63) is 40.9 Å². The van der Waals surface area contributed by atoms with Gasteiger partial charge in [-0.2, -0.15) is 0 Å². The molecule has 108 valence electrons. The Kier molecular flexibility index (Phi) is 4.02. The Balaban J connectivity index is 2.28. The SMILES string of the molecule is CC(O)c1csc(NS(=O)(=O)c2ccc(F)c(F)c2)n1. The van der Waals surface area contributed by atoms with Gasteiger partial charge in [-0.15, -0.1) is 11.3 Å². The summed E-state index contributed by atoms with van der Waals surface area (Å²) < 4.78 is 51.9. The maximum absolute atomic E-state index is 13.0. The quantitative estimate of drug-likeness (QED) is 0.906. The van der Waals surface area contributed by atoms with E-state index in [2.05, 4.69) is 9.71 Å². The first-order valence-electron chi connectivity index (χ1n) is 5.41. The van der Waals surface area contributed by atoms with Gasteiger partial charge in [0.05, 0.1) is 16.7 Å². The second-order valence-corrected chi connectivity index (χ2v) is 6.48. The molecule has 2 rings (SSSR count). The summed E-state index contributed by atoms with van der Waals surface area (Å²) in [6, 6.07) is 2.26. The van der Waals surface area contributed by atoms with Crippen molar-refractivity contribution in [1.29, 1.82) is 0 Å². The Labute approximate surface area is 118 Å². The number of aromatic nitrogens is 1. The minimum Gasteiger partial charge on any atom is -0.387 e. The van der Waals surface area contributed by atoms with Gasteiger partial charge in [-0.25, -0.2) is 22.2 Å². The smallest absolute Gasteiger partial charge is 0.263 e. The molecule has 2 aromatic rings. The first-order valence-corrected chi connectivity index (χ1v) is 7.77. The molecule has 0 saturated heterocycles. The van der Waals surface area contributed by atoms with Crippen LogP contribution in [-0.4, -0.2) is 18.5 Å². The molecule has 1 unspecified atom stereocenters. The molecule has 0 aliphatic heterocycles. The fraction of sp³-hybridized carbons (Fsp3) is 0.182. The lowest BCUT2D eigenvalue weighted by atomic mass is 10.3. The minimum absolute atomic E-state index is 0.0330. The second-order valence-electron chi connectivity index (χ2n) is 3.93. The van der Waals surface area contributed by atoms with E-state index in [1.165, 1.54) is 12.3 Å². The van der Waals surface area contributed by atoms with Crippen molar-refractivity contribution in [1.82, 2.24) is 4.98 Å². The van der Waals surface area contributed by atoms with E-state index in [0.717, 1.165) is 23.5 Å². The van der Waals surface area contributed by atoms with Gasteiger partial charge in [-0.05, 0) is 25.1 Å². The zero-order valence-corrected chi connectivity index (χ0v) is 11.8. The molecule has 5 nitrogen and oxygen atoms in total. The predicted molar refractivity (Wildman–Crippen MR) is 69.9 cm³/mol. The molecule has 1 heterocycles. The highest BCUT2D eigenvalue weighted by Gasteiger charge is 2.18. The maximum Gasteiger partial charge on any atom is 0.263 e. The summed E-state index contributed by atoms with van der Waals surface area (Å²) in [4.78, 5) is 3.46. The summed E-state index contributed by atoms with van der Waals surface area (Å²) in [5.41, 5.74) is 0.318. The van der Waals surface area contributed by atoms with Crippen LogP contribution in [-0.2, 0) is 10.0 Å². The van der Waals surface area contributed by atoms with Crippen LogP contribution in [0.3, 0.4) is 0 Å². The number of hydrogen-bond acceptors (Lipinski definition) is 5. The predicted octanol–water partition coefficient (Wildman–Crippen LogP) is 2.28. The lowest BCUT2D eigenvalue weighted by molar-refractivity contribution is 0.195. The number of aliphatic hydroxyl groups excluding tert-OH is 1. The number of nitrogens with zero attached hydrogens (tertiary/aromatic N) is 1. The summed E-state index contributed by atoms with van der Waals surface area (Å²) in [5.74, 6) is -2.38. The van der Waals surface area contributed by atoms with Gasteiger partial charge in [0.25, 0.3) is 10.0 Å². The molecule has 1 aromatic heterocycles. The molecule has 0 amide bonds. The third-order valence-electron chi connectivity index (χ3n) is 2.37. The lowest BCUT2D eigenvalue weighted by Crippen LogP contribution is -2.13. The summed E-state index contributed by atoms with van der Waals surface area (Å²) in [7, 11) is -4.06. The van der Waals surface area contributed by atoms with E-state index < -0.39 is 32.7 Å². The Bertz CT molecular complexity index is 729. The zero-order chi connectivity index (χ0) is 14.9. The Hall–Kier alpha value is -1.58. The largest absolute Gasteiger partial charge is 0.387 e. The average Bonchev–Trinajstić information content (AvgIpc) is 2.80. The van der Waals surface area contributed by atoms with Gasteiger partial charge in [-0.3, -0.25) is 4.72 Å². The number of anilines is 1. The fourth-order valence-electron chi connectivity index (χ4n) is 1.34. The van der Waals surface area contributed by atoms with Crippen LogP contribution in [0.15, 0.2) is 28.5 Å². The van der Waals surface area contributed by atoms with E-state index in [9.17, 15) is 22.3 Å². The van der Waals surface area contributed by atoms with Crippen molar-refractivity contribution < 1.29 is 22.3 Å². The number of hydrogen-bond donors (Lipinski definition) is 2. The highest BCUT2D eigenvalue weighted by Crippen LogP contribution is 2.23. The standard InChI is InChI=1S/C11H10F2N2O3S2/c1-6(16)10-5-19-11(14-10)15-20(17,18)7-2-3-8(12)9(13)4-7/h2-6,16H,1H3,(H,14,15). The molecule has 0 fully saturated rings. The molecule has 9 heteroatoms. The van der Waals surface area contributed by atoms with Crippen LogP contribution >= 0.6 is 11.3 Å². The van der Waals surface area contributed by atoms with Crippen molar-refractivity contribution >= 4 is 26.5 Å². The van der Waals surface area contributed by atoms with Crippen LogP contribution in [0, 0.1) is 11.6 Å². The van der Waals surface area contributed by atoms with Crippen molar-refractivity contribution in [3.63, 3.8) is 0 Å². The van der Waals surface area contributed by atoms with Gasteiger partial charge in [0.15, 0.2) is 16.8 Å². The van der Waals surface area contributed by atoms with Crippen LogP contribution in [0.5, 0.6) is 0 Å². The number of nitrogens with one attached hydrogen (secondary N) is 1. The minimum atomic E-state index is -4.06. The van der Waals surface area contributed by atoms with Crippen LogP contribution in [0.25, 0.3) is 0 Å². The van der Waals surface area contributed by atoms with E-state index in [1.807, 2.05) is 0 Å². The molecular formula is C11H10F2N2O3S2. The van der Waals surface area contributed by atoms with Crippen molar-refractivity contribution in [2.45, 2.75) is 17.9 Å². The molecule has 0 radical (unpaired) electrons. The Morgan fingerprint density at radius 2 is 2.05 bits per heavy atom. The molecule has 0 aliphatic rings. The second kappa shape index (κ2) is 5.43. The van der Waals surface area contributed by atoms with Gasteiger partial charge in [-0.1, -0.05) is 0 Å². The summed E-state index contributed by atoms with van der Waals surface area (Å²) >= 11 is 0.978. The third kappa shape index (κ3) is 3.11. The van der Waals surface area contributed by atoms with Crippen LogP contribution in [0.2, 0.25) is 0 Å². The first-order chi connectivity index (χ1) is 9.29. The van der Waals surface area contributed by atoms with E-state index in [0.29, 0.717) is 11.8 Å². The summed E-state index contributed by atoms with van der Waals surface area (Å²) in [5, 5.41) is 10.8. The highest BCUT2D eigenvalue weighted by molar-refractivity contribution is 7.93. The topological polar surface area (TPSA) is 79.3 Å². The van der Waals surface area contributed by atoms with E-state index in [4.69, 9.17) is 0 Å². The van der Waals surface area contributed by atoms with Crippen molar-refractivity contribution in [2.75, 3.05) is 4.72 Å². The van der Waals surface area contributed by atoms with Gasteiger partial charge >= 0.3 is 0 Å². The number of benzene rings is 1. The molecule has 0 bridgehead atoms. The van der Waals surface area contributed by atoms with Crippen molar-refractivity contribution in [3.8, 4) is 0 Å². The number of halogens is 2. The molecule has 0 spiro atoms. The van der Waals surface area contributed by atoms with Crippen molar-refractivity contribution in [2.24, 2.45) is 0 Å². The van der Waals surface area contributed by atoms with Gasteiger partial charge < -0.3 is 5.11 Å². The van der Waals surface area contributed by atoms with Gasteiger partial charge in [0.2, 0.25) is 0 Å². The normalized spacial score (nSPS) is 13.2. The van der Waals surface area contributed by atoms with Crippen LogP contribution in [0.1, 0.15) is 18.7 Å². The first kappa shape index (κ1) is 14.8. The van der Waals surface area contributed by atoms with Crippen LogP contribution in [0.4, 0.5) is 13.9 Å². The van der Waals surface area contributed by atoms with E-state index in [1.54, 1.807) is 0 Å². The molecule has 0 saturated carbocycles. The molecule has 2 N–H and O–H groups in total. The lowest BCUT2D eigenvalue weighted by Gasteiger charge is -2.05. The zero-order valence-electron chi connectivity index (χ0n) is 10.2. The molecule has 1 aromatic carbocycles. The summed E-state index contributed by atoms with van der Waals surface area (Å²) in [6.07, 6.45) is -0.826. The third-order valence-corrected chi connectivity index (χ3v) is 4.61. The number of rotatable bonds is 4. The fourth-order valence-corrected chi connectivity index (χ4v) is 3.40.